The predicted octanol–water partition coefficient (Wildman–Crippen LogP) is 1.84. The quantitative estimate of drug-likeness (QED) is 0.497. The van der Waals surface area contributed by atoms with Gasteiger partial charge in [0.2, 0.25) is 5.91 Å². The number of nitro groups is 1. The van der Waals surface area contributed by atoms with Crippen LogP contribution in [-0.4, -0.2) is 26.8 Å². The van der Waals surface area contributed by atoms with Gasteiger partial charge >= 0.3 is 5.69 Å². The number of hydrogen-bond donors (Lipinski definition) is 1. The highest BCUT2D eigenvalue weighted by Crippen LogP contribution is 2.15. The first kappa shape index (κ1) is 15.8. The van der Waals surface area contributed by atoms with E-state index in [0.29, 0.717) is 10.6 Å². The van der Waals surface area contributed by atoms with Crippen LogP contribution in [0, 0.1) is 22.2 Å². The highest BCUT2D eigenvalue weighted by atomic mass is 32.1. The minimum absolute atomic E-state index is 0.0639. The Morgan fingerprint density at radius 1 is 1.64 bits per heavy atom. The lowest BCUT2D eigenvalue weighted by Gasteiger charge is -1.99. The van der Waals surface area contributed by atoms with E-state index in [1.807, 2.05) is 0 Å². The van der Waals surface area contributed by atoms with E-state index >= 15 is 0 Å². The van der Waals surface area contributed by atoms with Gasteiger partial charge in [-0.15, -0.1) is 11.3 Å². The van der Waals surface area contributed by atoms with Crippen molar-refractivity contribution >= 4 is 29.1 Å². The molecule has 2 rings (SSSR count). The van der Waals surface area contributed by atoms with Crippen molar-refractivity contribution in [2.45, 2.75) is 19.9 Å². The fraction of sp³-hybridized carbons (Fsp3) is 0.250. The lowest BCUT2D eigenvalue weighted by molar-refractivity contribution is -0.385. The topological polar surface area (TPSA) is 102 Å². The van der Waals surface area contributed by atoms with Gasteiger partial charge in [-0.1, -0.05) is 0 Å². The Bertz CT molecular complexity index is 724. The second-order valence-electron chi connectivity index (χ2n) is 4.30. The molecule has 0 unspecified atom stereocenters. The van der Waals surface area contributed by atoms with Crippen LogP contribution in [0.3, 0.4) is 0 Å². The number of aromatic nitrogens is 2. The first-order chi connectivity index (χ1) is 10.5. The van der Waals surface area contributed by atoms with Crippen molar-refractivity contribution in [1.82, 2.24) is 15.2 Å². The summed E-state index contributed by atoms with van der Waals surface area (Å²) in [6.07, 6.45) is 2.68. The Balaban J connectivity index is 1.81. The Morgan fingerprint density at radius 2 is 2.41 bits per heavy atom. The molecule has 0 spiro atoms. The number of nitrogens with zero attached hydrogens (tertiary/aromatic N) is 4. The summed E-state index contributed by atoms with van der Waals surface area (Å²) in [4.78, 5) is 22.3. The van der Waals surface area contributed by atoms with Crippen LogP contribution in [0.15, 0.2) is 23.4 Å². The lowest BCUT2D eigenvalue weighted by Crippen LogP contribution is -2.19. The highest BCUT2D eigenvalue weighted by molar-refractivity contribution is 7.12. The highest BCUT2D eigenvalue weighted by Gasteiger charge is 2.15. The average Bonchev–Trinajstić information content (AvgIpc) is 3.02. The fourth-order valence-electron chi connectivity index (χ4n) is 1.64. The normalized spacial score (nSPS) is 11.0. The standard InChI is InChI=1S/C12H12FN5O3S/c1-8-10(18(20)21)7-17(16-8)5-4-12(19)15-14-6-9-2-3-11(13)22-9/h2-3,6-7H,4-5H2,1H3,(H,15,19). The number of rotatable bonds is 6. The van der Waals surface area contributed by atoms with Gasteiger partial charge in [-0.3, -0.25) is 19.6 Å². The SMILES string of the molecule is Cc1nn(CCC(=O)NN=Cc2ccc(F)s2)cc1[N+](=O)[O-]. The second-order valence-corrected chi connectivity index (χ2v) is 5.37. The van der Waals surface area contributed by atoms with E-state index in [9.17, 15) is 19.3 Å². The van der Waals surface area contributed by atoms with Gasteiger partial charge in [0, 0.05) is 6.42 Å². The van der Waals surface area contributed by atoms with Crippen molar-refractivity contribution in [3.8, 4) is 0 Å². The molecule has 0 bridgehead atoms. The molecule has 2 heterocycles. The van der Waals surface area contributed by atoms with E-state index in [1.54, 1.807) is 6.07 Å². The van der Waals surface area contributed by atoms with Gasteiger partial charge in [-0.2, -0.15) is 14.6 Å². The number of hydrazone groups is 1. The van der Waals surface area contributed by atoms with Gasteiger partial charge < -0.3 is 0 Å². The average molecular weight is 325 g/mol. The zero-order valence-electron chi connectivity index (χ0n) is 11.5. The van der Waals surface area contributed by atoms with Crippen LogP contribution in [-0.2, 0) is 11.3 Å². The second kappa shape index (κ2) is 6.89. The summed E-state index contributed by atoms with van der Waals surface area (Å²) in [7, 11) is 0. The van der Waals surface area contributed by atoms with E-state index in [1.165, 1.54) is 30.1 Å². The number of halogens is 1. The van der Waals surface area contributed by atoms with Crippen LogP contribution in [0.2, 0.25) is 0 Å². The summed E-state index contributed by atoms with van der Waals surface area (Å²) in [5.74, 6) is -0.371. The number of carbonyl (C=O) groups is 1. The van der Waals surface area contributed by atoms with E-state index in [-0.39, 0.29) is 29.7 Å². The van der Waals surface area contributed by atoms with Crippen LogP contribution < -0.4 is 5.43 Å². The monoisotopic (exact) mass is 325 g/mol. The molecule has 0 saturated heterocycles. The third-order valence-electron chi connectivity index (χ3n) is 2.66. The molecule has 116 valence electrons. The molecule has 0 aliphatic carbocycles. The molecule has 0 aromatic carbocycles. The van der Waals surface area contributed by atoms with Crippen LogP contribution in [0.25, 0.3) is 0 Å². The summed E-state index contributed by atoms with van der Waals surface area (Å²) < 4.78 is 14.1. The zero-order chi connectivity index (χ0) is 16.1. The zero-order valence-corrected chi connectivity index (χ0v) is 12.3. The summed E-state index contributed by atoms with van der Waals surface area (Å²) in [5, 5.41) is 18.0. The third-order valence-corrected chi connectivity index (χ3v) is 3.47. The maximum Gasteiger partial charge on any atom is 0.309 e. The van der Waals surface area contributed by atoms with Crippen molar-refractivity contribution in [2.75, 3.05) is 0 Å². The van der Waals surface area contributed by atoms with Crippen molar-refractivity contribution < 1.29 is 14.1 Å². The van der Waals surface area contributed by atoms with Crippen molar-refractivity contribution in [1.29, 1.82) is 0 Å². The molecule has 1 amide bonds. The summed E-state index contributed by atoms with van der Waals surface area (Å²) in [6.45, 7) is 1.73. The molecule has 0 saturated carbocycles. The first-order valence-corrected chi connectivity index (χ1v) is 7.03. The van der Waals surface area contributed by atoms with E-state index in [2.05, 4.69) is 15.6 Å². The predicted molar refractivity (Wildman–Crippen MR) is 78.2 cm³/mol. The van der Waals surface area contributed by atoms with Gasteiger partial charge in [-0.05, 0) is 19.1 Å². The van der Waals surface area contributed by atoms with Crippen molar-refractivity contribution in [3.63, 3.8) is 0 Å². The maximum absolute atomic E-state index is 12.7. The van der Waals surface area contributed by atoms with Crippen LogP contribution >= 0.6 is 11.3 Å². The summed E-state index contributed by atoms with van der Waals surface area (Å²) in [6, 6.07) is 2.85. The summed E-state index contributed by atoms with van der Waals surface area (Å²) in [5.41, 5.74) is 2.50. The smallest absolute Gasteiger partial charge is 0.273 e. The molecule has 1 N–H and O–H groups in total. The molecule has 2 aromatic rings. The minimum atomic E-state index is -0.524. The molecule has 0 aliphatic heterocycles. The van der Waals surface area contributed by atoms with Gasteiger partial charge in [0.15, 0.2) is 5.13 Å². The Hall–Kier alpha value is -2.62. The van der Waals surface area contributed by atoms with Crippen LogP contribution in [0.5, 0.6) is 0 Å². The van der Waals surface area contributed by atoms with Crippen LogP contribution in [0.4, 0.5) is 10.1 Å². The molecule has 22 heavy (non-hydrogen) atoms. The van der Waals surface area contributed by atoms with Gasteiger partial charge in [0.25, 0.3) is 0 Å². The molecule has 8 nitrogen and oxygen atoms in total. The van der Waals surface area contributed by atoms with E-state index in [4.69, 9.17) is 0 Å². The van der Waals surface area contributed by atoms with E-state index < -0.39 is 4.92 Å². The Labute approximate surface area is 128 Å². The Kier molecular flexibility index (Phi) is 4.94. The molecular formula is C12H12FN5O3S. The minimum Gasteiger partial charge on any atom is -0.273 e. The molecular weight excluding hydrogens is 313 g/mol. The number of amides is 1. The first-order valence-electron chi connectivity index (χ1n) is 6.21. The molecule has 0 radical (unpaired) electrons. The van der Waals surface area contributed by atoms with Crippen molar-refractivity contribution in [2.24, 2.45) is 5.10 Å². The molecule has 10 heteroatoms. The molecule has 2 aromatic heterocycles. The van der Waals surface area contributed by atoms with Gasteiger partial charge in [-0.25, -0.2) is 5.43 Å². The molecule has 0 aliphatic rings. The van der Waals surface area contributed by atoms with Crippen molar-refractivity contribution in [3.05, 3.63) is 44.1 Å². The number of hydrogen-bond acceptors (Lipinski definition) is 6. The maximum atomic E-state index is 12.7. The van der Waals surface area contributed by atoms with Gasteiger partial charge in [0.05, 0.1) is 22.6 Å². The number of aryl methyl sites for hydroxylation is 2. The molecule has 0 atom stereocenters. The largest absolute Gasteiger partial charge is 0.309 e. The molecule has 0 fully saturated rings. The van der Waals surface area contributed by atoms with Crippen LogP contribution in [0.1, 0.15) is 17.0 Å². The number of nitrogens with one attached hydrogen (secondary N) is 1. The third kappa shape index (κ3) is 4.19. The van der Waals surface area contributed by atoms with Gasteiger partial charge in [0.1, 0.15) is 11.9 Å². The number of carbonyl (C=O) groups excluding carboxylic acids is 1. The Morgan fingerprint density at radius 3 is 3.00 bits per heavy atom. The number of thiophene rings is 1. The lowest BCUT2D eigenvalue weighted by atomic mass is 10.4. The van der Waals surface area contributed by atoms with E-state index in [0.717, 1.165) is 11.3 Å². The summed E-state index contributed by atoms with van der Waals surface area (Å²) >= 11 is 0.911. The fourth-order valence-corrected chi connectivity index (χ4v) is 2.24.